The molecular weight excluding hydrogens is 314 g/mol. The molecule has 0 N–H and O–H groups in total. The predicted octanol–water partition coefficient (Wildman–Crippen LogP) is 6.72. The molecule has 1 aliphatic heterocycles. The number of benzene rings is 3. The minimum atomic E-state index is 0.478. The maximum Gasteiger partial charge on any atom is 0.179 e. The minimum absolute atomic E-state index is 0.478. The minimum Gasteiger partial charge on any atom is -0.311 e. The van der Waals surface area contributed by atoms with Crippen LogP contribution in [-0.4, -0.2) is 0 Å². The molecule has 0 saturated carbocycles. The lowest BCUT2D eigenvalue weighted by Crippen LogP contribution is -2.14. The van der Waals surface area contributed by atoms with E-state index in [0.717, 1.165) is 26.9 Å². The van der Waals surface area contributed by atoms with Gasteiger partial charge in [-0.3, -0.25) is 0 Å². The lowest BCUT2D eigenvalue weighted by atomic mass is 10.1. The summed E-state index contributed by atoms with van der Waals surface area (Å²) in [6.45, 7) is 14.6. The highest BCUT2D eigenvalue weighted by atomic mass is 32.2. The first kappa shape index (κ1) is 14.4. The van der Waals surface area contributed by atoms with Crippen LogP contribution in [0.15, 0.2) is 76.5 Å². The molecule has 0 spiro atoms. The van der Waals surface area contributed by atoms with Gasteiger partial charge < -0.3 is 4.90 Å². The monoisotopic (exact) mass is 325 g/mol. The highest BCUT2D eigenvalue weighted by Gasteiger charge is 2.24. The van der Waals surface area contributed by atoms with Crippen LogP contribution in [0.3, 0.4) is 0 Å². The van der Waals surface area contributed by atoms with E-state index in [-0.39, 0.29) is 0 Å². The predicted molar refractivity (Wildman–Crippen MR) is 97.8 cm³/mol. The Morgan fingerprint density at radius 1 is 0.708 bits per heavy atom. The van der Waals surface area contributed by atoms with Crippen LogP contribution < -0.4 is 4.90 Å². The van der Waals surface area contributed by atoms with Crippen molar-refractivity contribution in [3.05, 3.63) is 89.6 Å². The van der Waals surface area contributed by atoms with Gasteiger partial charge in [-0.05, 0) is 36.4 Å². The summed E-state index contributed by atoms with van der Waals surface area (Å²) in [6, 6.07) is 21.7. The largest absolute Gasteiger partial charge is 0.311 e. The second-order valence-electron chi connectivity index (χ2n) is 5.30. The highest BCUT2D eigenvalue weighted by molar-refractivity contribution is 7.99. The van der Waals surface area contributed by atoms with E-state index >= 15 is 0 Å². The van der Waals surface area contributed by atoms with Crippen molar-refractivity contribution >= 4 is 40.2 Å². The third kappa shape index (κ3) is 2.31. The van der Waals surface area contributed by atoms with Gasteiger partial charge in [0.05, 0.1) is 24.5 Å². The molecule has 4 rings (SSSR count). The van der Waals surface area contributed by atoms with Gasteiger partial charge in [0.1, 0.15) is 0 Å². The van der Waals surface area contributed by atoms with Crippen molar-refractivity contribution in [2.75, 3.05) is 4.90 Å². The maximum atomic E-state index is 7.32. The summed E-state index contributed by atoms with van der Waals surface area (Å²) in [6.07, 6.45) is 0. The van der Waals surface area contributed by atoms with E-state index in [1.54, 1.807) is 17.8 Å². The van der Waals surface area contributed by atoms with Crippen LogP contribution in [0.1, 0.15) is 0 Å². The number of hydrogen-bond donors (Lipinski definition) is 0. The van der Waals surface area contributed by atoms with E-state index < -0.39 is 0 Å². The van der Waals surface area contributed by atoms with Crippen molar-refractivity contribution < 1.29 is 0 Å². The van der Waals surface area contributed by atoms with E-state index in [4.69, 9.17) is 13.1 Å². The Morgan fingerprint density at radius 2 is 1.21 bits per heavy atom. The Labute approximate surface area is 144 Å². The lowest BCUT2D eigenvalue weighted by Gasteiger charge is -2.33. The third-order valence-corrected chi connectivity index (χ3v) is 4.97. The molecule has 0 radical (unpaired) electrons. The zero-order valence-corrected chi connectivity index (χ0v) is 13.4. The molecule has 0 aliphatic carbocycles. The molecule has 0 atom stereocenters. The fourth-order valence-electron chi connectivity index (χ4n) is 2.82. The molecular formula is C20H11N3S. The normalized spacial score (nSPS) is 11.8. The number of nitrogens with zero attached hydrogens (tertiary/aromatic N) is 3. The van der Waals surface area contributed by atoms with E-state index in [0.29, 0.717) is 11.4 Å². The second kappa shape index (κ2) is 5.77. The molecule has 0 saturated heterocycles. The van der Waals surface area contributed by atoms with Crippen molar-refractivity contribution in [1.82, 2.24) is 0 Å². The van der Waals surface area contributed by atoms with Crippen LogP contribution in [0.5, 0.6) is 0 Å². The van der Waals surface area contributed by atoms with Crippen molar-refractivity contribution in [2.24, 2.45) is 0 Å². The van der Waals surface area contributed by atoms with Gasteiger partial charge in [-0.1, -0.05) is 42.1 Å². The lowest BCUT2D eigenvalue weighted by molar-refractivity contribution is 1.17. The Morgan fingerprint density at radius 3 is 1.71 bits per heavy atom. The number of anilines is 3. The zero-order chi connectivity index (χ0) is 16.5. The summed E-state index contributed by atoms with van der Waals surface area (Å²) in [5.74, 6) is 0. The first-order valence-electron chi connectivity index (χ1n) is 7.36. The summed E-state index contributed by atoms with van der Waals surface area (Å²) in [4.78, 5) is 11.5. The summed E-state index contributed by atoms with van der Waals surface area (Å²) >= 11 is 1.74. The van der Waals surface area contributed by atoms with Gasteiger partial charge in [-0.25, -0.2) is 9.69 Å². The highest BCUT2D eigenvalue weighted by Crippen LogP contribution is 2.51. The zero-order valence-electron chi connectivity index (χ0n) is 12.6. The number of fused-ring (bicyclic) bond motifs is 2. The fraction of sp³-hybridized carbons (Fsp3) is 0. The Hall–Kier alpha value is -3.21. The number of hydrogen-bond acceptors (Lipinski definition) is 2. The Bertz CT molecular complexity index is 950. The van der Waals surface area contributed by atoms with Crippen LogP contribution in [0.25, 0.3) is 9.69 Å². The molecule has 24 heavy (non-hydrogen) atoms. The molecule has 1 aliphatic rings. The molecule has 3 aromatic carbocycles. The van der Waals surface area contributed by atoms with Gasteiger partial charge in [0, 0.05) is 15.5 Å². The smallest absolute Gasteiger partial charge is 0.179 e. The molecule has 4 heteroatoms. The van der Waals surface area contributed by atoms with Crippen molar-refractivity contribution in [1.29, 1.82) is 0 Å². The average Bonchev–Trinajstić information content (AvgIpc) is 2.65. The van der Waals surface area contributed by atoms with Gasteiger partial charge in [0.2, 0.25) is 0 Å². The van der Waals surface area contributed by atoms with Crippen molar-refractivity contribution in [2.45, 2.75) is 9.79 Å². The second-order valence-corrected chi connectivity index (χ2v) is 6.39. The molecule has 3 nitrogen and oxygen atoms in total. The first-order valence-corrected chi connectivity index (χ1v) is 8.18. The van der Waals surface area contributed by atoms with E-state index in [2.05, 4.69) is 38.9 Å². The van der Waals surface area contributed by atoms with Crippen LogP contribution in [-0.2, 0) is 0 Å². The van der Waals surface area contributed by atoms with Gasteiger partial charge in [-0.15, -0.1) is 0 Å². The summed E-state index contributed by atoms with van der Waals surface area (Å²) in [5, 5.41) is 0. The molecule has 0 aromatic heterocycles. The molecule has 0 amide bonds. The molecule has 0 bridgehead atoms. The number of rotatable bonds is 1. The van der Waals surface area contributed by atoms with E-state index in [1.165, 1.54) is 0 Å². The Balaban J connectivity index is 1.99. The SMILES string of the molecule is [C-]#[N+]c1cc([N+]#[C-])cc(N2c3ccccc3Sc3ccccc32)c1. The van der Waals surface area contributed by atoms with Crippen molar-refractivity contribution in [3.63, 3.8) is 0 Å². The number of para-hydroxylation sites is 2. The average molecular weight is 325 g/mol. The van der Waals surface area contributed by atoms with Gasteiger partial charge >= 0.3 is 0 Å². The van der Waals surface area contributed by atoms with Gasteiger partial charge in [0.15, 0.2) is 11.4 Å². The molecule has 0 unspecified atom stereocenters. The molecule has 3 aromatic rings. The molecule has 1 heterocycles. The standard InChI is InChI=1S/C20H11N3S/c1-21-14-11-15(22-2)13-16(12-14)23-17-7-3-5-9-19(17)24-20-10-6-4-8-18(20)23/h3-13H. The van der Waals surface area contributed by atoms with Crippen LogP contribution in [0, 0.1) is 13.1 Å². The fourth-order valence-corrected chi connectivity index (χ4v) is 3.88. The van der Waals surface area contributed by atoms with Crippen molar-refractivity contribution in [3.8, 4) is 0 Å². The van der Waals surface area contributed by atoms with Crippen LogP contribution in [0.2, 0.25) is 0 Å². The molecule has 0 fully saturated rings. The van der Waals surface area contributed by atoms with E-state index in [1.807, 2.05) is 36.4 Å². The van der Waals surface area contributed by atoms with Gasteiger partial charge in [-0.2, -0.15) is 0 Å². The van der Waals surface area contributed by atoms with Crippen LogP contribution >= 0.6 is 11.8 Å². The Kier molecular flexibility index (Phi) is 3.46. The summed E-state index contributed by atoms with van der Waals surface area (Å²) < 4.78 is 0. The van der Waals surface area contributed by atoms with Crippen LogP contribution in [0.4, 0.5) is 28.4 Å². The first-order chi connectivity index (χ1) is 11.8. The summed E-state index contributed by atoms with van der Waals surface area (Å²) in [5.41, 5.74) is 3.94. The summed E-state index contributed by atoms with van der Waals surface area (Å²) in [7, 11) is 0. The third-order valence-electron chi connectivity index (χ3n) is 3.84. The van der Waals surface area contributed by atoms with Gasteiger partial charge in [0.25, 0.3) is 0 Å². The molecule has 112 valence electrons. The quantitative estimate of drug-likeness (QED) is 0.360. The van der Waals surface area contributed by atoms with E-state index in [9.17, 15) is 0 Å². The topological polar surface area (TPSA) is 12.0 Å². The maximum absolute atomic E-state index is 7.32.